The smallest absolute Gasteiger partial charge is 0.227 e. The fourth-order valence-corrected chi connectivity index (χ4v) is 2.02. The van der Waals surface area contributed by atoms with Crippen LogP contribution in [0.2, 0.25) is 0 Å². The molecule has 0 saturated heterocycles. The van der Waals surface area contributed by atoms with Crippen LogP contribution in [0.1, 0.15) is 5.56 Å². The Hall–Kier alpha value is -0.940. The molecule has 0 aliphatic carbocycles. The first kappa shape index (κ1) is 11.5. The summed E-state index contributed by atoms with van der Waals surface area (Å²) in [6.45, 7) is 2.05. The van der Waals surface area contributed by atoms with E-state index in [2.05, 4.69) is 47.1 Å². The van der Waals surface area contributed by atoms with Crippen molar-refractivity contribution in [3.63, 3.8) is 0 Å². The van der Waals surface area contributed by atoms with Crippen LogP contribution in [-0.4, -0.2) is 9.97 Å². The molecule has 82 valence electrons. The summed E-state index contributed by atoms with van der Waals surface area (Å²) in [5.41, 5.74) is 2.15. The molecule has 0 saturated carbocycles. The summed E-state index contributed by atoms with van der Waals surface area (Å²) in [6, 6.07) is 6.07. The van der Waals surface area contributed by atoms with E-state index in [1.54, 1.807) is 12.4 Å². The number of hydrogen-bond acceptors (Lipinski definition) is 3. The summed E-state index contributed by atoms with van der Waals surface area (Å²) >= 11 is 6.78. The third-order valence-electron chi connectivity index (χ3n) is 1.99. The minimum atomic E-state index is 0.577. The van der Waals surface area contributed by atoms with Gasteiger partial charge in [-0.1, -0.05) is 6.07 Å². The molecule has 1 N–H and O–H groups in total. The van der Waals surface area contributed by atoms with Gasteiger partial charge in [-0.3, -0.25) is 0 Å². The lowest BCUT2D eigenvalue weighted by Gasteiger charge is -2.07. The van der Waals surface area contributed by atoms with Crippen LogP contribution in [0.3, 0.4) is 0 Å². The average molecular weight is 343 g/mol. The first-order valence-corrected chi connectivity index (χ1v) is 6.24. The zero-order valence-corrected chi connectivity index (χ0v) is 11.7. The van der Waals surface area contributed by atoms with Crippen LogP contribution in [0.5, 0.6) is 0 Å². The first-order valence-electron chi connectivity index (χ1n) is 4.66. The predicted molar refractivity (Wildman–Crippen MR) is 71.9 cm³/mol. The molecule has 0 atom stereocenters. The highest BCUT2D eigenvalue weighted by Crippen LogP contribution is 2.25. The number of rotatable bonds is 2. The number of halogens is 2. The molecule has 1 heterocycles. The molecule has 0 spiro atoms. The van der Waals surface area contributed by atoms with Crippen LogP contribution in [0, 0.1) is 6.92 Å². The molecule has 16 heavy (non-hydrogen) atoms. The Balaban J connectivity index is 2.23. The molecular weight excluding hydrogens is 334 g/mol. The Bertz CT molecular complexity index is 497. The van der Waals surface area contributed by atoms with Gasteiger partial charge >= 0.3 is 0 Å². The number of hydrogen-bond donors (Lipinski definition) is 1. The fraction of sp³-hybridized carbons (Fsp3) is 0.0909. The average Bonchev–Trinajstić information content (AvgIpc) is 2.25. The highest BCUT2D eigenvalue weighted by atomic mass is 79.9. The molecule has 2 rings (SSSR count). The van der Waals surface area contributed by atoms with Crippen LogP contribution in [0.15, 0.2) is 39.5 Å². The van der Waals surface area contributed by atoms with Crippen molar-refractivity contribution in [2.75, 3.05) is 5.32 Å². The lowest BCUT2D eigenvalue weighted by molar-refractivity contribution is 1.15. The van der Waals surface area contributed by atoms with E-state index in [0.717, 1.165) is 14.6 Å². The minimum absolute atomic E-state index is 0.577. The van der Waals surface area contributed by atoms with Crippen molar-refractivity contribution in [2.24, 2.45) is 0 Å². The van der Waals surface area contributed by atoms with Crippen molar-refractivity contribution >= 4 is 43.5 Å². The van der Waals surface area contributed by atoms with Gasteiger partial charge in [0.2, 0.25) is 5.95 Å². The zero-order chi connectivity index (χ0) is 11.5. The van der Waals surface area contributed by atoms with E-state index >= 15 is 0 Å². The maximum absolute atomic E-state index is 4.15. The molecule has 0 unspecified atom stereocenters. The van der Waals surface area contributed by atoms with Crippen LogP contribution < -0.4 is 5.32 Å². The normalized spacial score (nSPS) is 10.2. The highest BCUT2D eigenvalue weighted by molar-refractivity contribution is 9.10. The number of aryl methyl sites for hydroxylation is 1. The Morgan fingerprint density at radius 1 is 1.12 bits per heavy atom. The van der Waals surface area contributed by atoms with E-state index in [4.69, 9.17) is 0 Å². The molecule has 2 aromatic rings. The molecule has 0 amide bonds. The van der Waals surface area contributed by atoms with E-state index in [9.17, 15) is 0 Å². The topological polar surface area (TPSA) is 37.8 Å². The largest absolute Gasteiger partial charge is 0.323 e. The van der Waals surface area contributed by atoms with Gasteiger partial charge in [-0.05, 0) is 56.5 Å². The minimum Gasteiger partial charge on any atom is -0.323 e. The van der Waals surface area contributed by atoms with Gasteiger partial charge in [0.1, 0.15) is 0 Å². The van der Waals surface area contributed by atoms with Gasteiger partial charge in [0.15, 0.2) is 0 Å². The summed E-state index contributed by atoms with van der Waals surface area (Å²) in [5.74, 6) is 0.577. The first-order chi connectivity index (χ1) is 7.65. The molecule has 0 aliphatic heterocycles. The second kappa shape index (κ2) is 4.93. The van der Waals surface area contributed by atoms with Gasteiger partial charge in [0.25, 0.3) is 0 Å². The van der Waals surface area contributed by atoms with Crippen molar-refractivity contribution in [2.45, 2.75) is 6.92 Å². The molecule has 0 aliphatic rings. The maximum Gasteiger partial charge on any atom is 0.227 e. The van der Waals surface area contributed by atoms with Gasteiger partial charge in [-0.15, -0.1) is 0 Å². The Kier molecular flexibility index (Phi) is 3.56. The lowest BCUT2D eigenvalue weighted by atomic mass is 10.2. The maximum atomic E-state index is 4.15. The third kappa shape index (κ3) is 2.80. The number of anilines is 2. The number of nitrogens with zero attached hydrogens (tertiary/aromatic N) is 2. The van der Waals surface area contributed by atoms with Gasteiger partial charge in [-0.25, -0.2) is 9.97 Å². The van der Waals surface area contributed by atoms with E-state index in [1.807, 2.05) is 25.1 Å². The Labute approximate surface area is 111 Å². The molecule has 0 fully saturated rings. The summed E-state index contributed by atoms with van der Waals surface area (Å²) in [5, 5.41) is 3.14. The van der Waals surface area contributed by atoms with Crippen LogP contribution in [0.25, 0.3) is 0 Å². The standard InChI is InChI=1S/C11H9Br2N3/c1-7-2-3-10(9(13)4-7)16-11-14-5-8(12)6-15-11/h2-6H,1H3,(H,14,15,16). The van der Waals surface area contributed by atoms with Gasteiger partial charge in [-0.2, -0.15) is 0 Å². The van der Waals surface area contributed by atoms with Gasteiger partial charge in [0, 0.05) is 16.9 Å². The highest BCUT2D eigenvalue weighted by Gasteiger charge is 2.02. The van der Waals surface area contributed by atoms with E-state index in [1.165, 1.54) is 5.56 Å². The van der Waals surface area contributed by atoms with E-state index in [0.29, 0.717) is 5.95 Å². The van der Waals surface area contributed by atoms with Crippen molar-refractivity contribution in [3.05, 3.63) is 45.1 Å². The van der Waals surface area contributed by atoms with Crippen LogP contribution in [-0.2, 0) is 0 Å². The fourth-order valence-electron chi connectivity index (χ4n) is 1.22. The summed E-state index contributed by atoms with van der Waals surface area (Å²) in [7, 11) is 0. The Morgan fingerprint density at radius 3 is 2.44 bits per heavy atom. The second-order valence-electron chi connectivity index (χ2n) is 3.33. The van der Waals surface area contributed by atoms with E-state index < -0.39 is 0 Å². The monoisotopic (exact) mass is 341 g/mol. The second-order valence-corrected chi connectivity index (χ2v) is 5.10. The molecule has 0 radical (unpaired) electrons. The Morgan fingerprint density at radius 2 is 1.81 bits per heavy atom. The number of aromatic nitrogens is 2. The third-order valence-corrected chi connectivity index (χ3v) is 3.06. The van der Waals surface area contributed by atoms with Crippen LogP contribution in [0.4, 0.5) is 11.6 Å². The quantitative estimate of drug-likeness (QED) is 0.894. The van der Waals surface area contributed by atoms with Crippen molar-refractivity contribution in [3.8, 4) is 0 Å². The summed E-state index contributed by atoms with van der Waals surface area (Å²) in [6.07, 6.45) is 3.41. The summed E-state index contributed by atoms with van der Waals surface area (Å²) < 4.78 is 1.86. The predicted octanol–water partition coefficient (Wildman–Crippen LogP) is 4.05. The molecule has 1 aromatic heterocycles. The van der Waals surface area contributed by atoms with Crippen molar-refractivity contribution < 1.29 is 0 Å². The SMILES string of the molecule is Cc1ccc(Nc2ncc(Br)cn2)c(Br)c1. The molecular formula is C11H9Br2N3. The van der Waals surface area contributed by atoms with Crippen molar-refractivity contribution in [1.82, 2.24) is 9.97 Å². The van der Waals surface area contributed by atoms with Crippen LogP contribution >= 0.6 is 31.9 Å². The van der Waals surface area contributed by atoms with E-state index in [-0.39, 0.29) is 0 Å². The van der Waals surface area contributed by atoms with Gasteiger partial charge < -0.3 is 5.32 Å². The zero-order valence-electron chi connectivity index (χ0n) is 8.54. The molecule has 1 aromatic carbocycles. The molecule has 0 bridgehead atoms. The lowest BCUT2D eigenvalue weighted by Crippen LogP contribution is -1.96. The molecule has 3 nitrogen and oxygen atoms in total. The number of nitrogens with one attached hydrogen (secondary N) is 1. The molecule has 5 heteroatoms. The number of benzene rings is 1. The van der Waals surface area contributed by atoms with Crippen molar-refractivity contribution in [1.29, 1.82) is 0 Å². The van der Waals surface area contributed by atoms with Gasteiger partial charge in [0.05, 0.1) is 10.2 Å². The summed E-state index contributed by atoms with van der Waals surface area (Å²) in [4.78, 5) is 8.29.